The first kappa shape index (κ1) is 11.0. The second kappa shape index (κ2) is 5.59. The molecule has 1 rings (SSSR count). The Balaban J connectivity index is 2.50. The van der Waals surface area contributed by atoms with Gasteiger partial charge in [0, 0.05) is 13.1 Å². The van der Waals surface area contributed by atoms with Crippen molar-refractivity contribution in [3.63, 3.8) is 0 Å². The van der Waals surface area contributed by atoms with Gasteiger partial charge in [0.2, 0.25) is 0 Å². The van der Waals surface area contributed by atoms with Gasteiger partial charge in [0.15, 0.2) is 0 Å². The molecule has 0 aromatic carbocycles. The van der Waals surface area contributed by atoms with E-state index in [1.807, 2.05) is 0 Å². The molecule has 1 saturated heterocycles. The zero-order chi connectivity index (χ0) is 10.4. The number of imide groups is 1. The van der Waals surface area contributed by atoms with Gasteiger partial charge in [-0.1, -0.05) is 6.42 Å². The minimum Gasteiger partial charge on any atom is -0.448 e. The number of amides is 2. The Bertz CT molecular complexity index is 202. The van der Waals surface area contributed by atoms with Gasteiger partial charge < -0.3 is 4.74 Å². The van der Waals surface area contributed by atoms with Crippen molar-refractivity contribution in [3.05, 3.63) is 0 Å². The van der Waals surface area contributed by atoms with Crippen molar-refractivity contribution in [1.29, 1.82) is 0 Å². The number of hydrazine groups is 1. The van der Waals surface area contributed by atoms with Crippen LogP contribution in [0, 0.1) is 0 Å². The van der Waals surface area contributed by atoms with Crippen LogP contribution in [0.15, 0.2) is 0 Å². The van der Waals surface area contributed by atoms with Crippen LogP contribution >= 0.6 is 0 Å². The molecule has 0 saturated carbocycles. The van der Waals surface area contributed by atoms with E-state index in [1.165, 1.54) is 0 Å². The lowest BCUT2D eigenvalue weighted by Crippen LogP contribution is -2.48. The van der Waals surface area contributed by atoms with Gasteiger partial charge >= 0.3 is 12.5 Å². The second-order valence-corrected chi connectivity index (χ2v) is 3.12. The van der Waals surface area contributed by atoms with Gasteiger partial charge in [-0.15, -0.1) is 0 Å². The van der Waals surface area contributed by atoms with E-state index in [0.29, 0.717) is 13.1 Å². The molecule has 1 fully saturated rings. The Morgan fingerprint density at radius 3 is 2.57 bits per heavy atom. The quantitative estimate of drug-likeness (QED) is 0.634. The zero-order valence-corrected chi connectivity index (χ0v) is 8.36. The van der Waals surface area contributed by atoms with E-state index >= 15 is 0 Å². The number of carbonyl (C=O) groups is 1. The van der Waals surface area contributed by atoms with Gasteiger partial charge in [0.25, 0.3) is 0 Å². The van der Waals surface area contributed by atoms with Crippen LogP contribution in [0.4, 0.5) is 4.79 Å². The molecule has 5 nitrogen and oxygen atoms in total. The minimum absolute atomic E-state index is 0.269. The number of hydrogen-bond acceptors (Lipinski definition) is 4. The first-order valence-corrected chi connectivity index (χ1v) is 4.89. The molecule has 0 atom stereocenters. The summed E-state index contributed by atoms with van der Waals surface area (Å²) in [6.45, 7) is 3.41. The SMILES string of the molecule is CCOC(=O)N([C]=O)N1CCCCC1. The highest BCUT2D eigenvalue weighted by Gasteiger charge is 2.24. The molecular weight excluding hydrogens is 184 g/mol. The number of ether oxygens (including phenoxy) is 1. The average Bonchev–Trinajstić information content (AvgIpc) is 2.21. The third kappa shape index (κ3) is 2.70. The van der Waals surface area contributed by atoms with Gasteiger partial charge in [-0.05, 0) is 19.8 Å². The smallest absolute Gasteiger partial charge is 0.432 e. The van der Waals surface area contributed by atoms with E-state index in [9.17, 15) is 9.59 Å². The molecule has 5 heteroatoms. The van der Waals surface area contributed by atoms with Crippen LogP contribution in [0.1, 0.15) is 26.2 Å². The Labute approximate surface area is 83.6 Å². The highest BCUT2D eigenvalue weighted by Crippen LogP contribution is 2.11. The predicted octanol–water partition coefficient (Wildman–Crippen LogP) is 0.913. The summed E-state index contributed by atoms with van der Waals surface area (Å²) in [4.78, 5) is 21.9. The molecule has 0 bridgehead atoms. The summed E-state index contributed by atoms with van der Waals surface area (Å²) in [6.07, 6.45) is 4.10. The molecule has 0 unspecified atom stereocenters. The van der Waals surface area contributed by atoms with Crippen molar-refractivity contribution >= 4 is 12.5 Å². The third-order valence-corrected chi connectivity index (χ3v) is 2.14. The summed E-state index contributed by atoms with van der Waals surface area (Å²) in [5, 5.41) is 2.58. The highest BCUT2D eigenvalue weighted by atomic mass is 16.6. The standard InChI is InChI=1S/C9H15N2O3/c1-2-14-9(13)11(8-12)10-6-4-3-5-7-10/h2-7H2,1H3. The predicted molar refractivity (Wildman–Crippen MR) is 50.0 cm³/mol. The summed E-state index contributed by atoms with van der Waals surface area (Å²) < 4.78 is 4.73. The molecule has 2 amide bonds. The van der Waals surface area contributed by atoms with Crippen molar-refractivity contribution in [2.75, 3.05) is 19.7 Å². The van der Waals surface area contributed by atoms with Crippen molar-refractivity contribution in [1.82, 2.24) is 10.0 Å². The van der Waals surface area contributed by atoms with Crippen LogP contribution < -0.4 is 0 Å². The van der Waals surface area contributed by atoms with E-state index < -0.39 is 6.09 Å². The molecule has 1 radical (unpaired) electrons. The number of rotatable bonds is 3. The number of hydrogen-bond donors (Lipinski definition) is 0. The molecule has 0 aromatic rings. The molecule has 1 heterocycles. The number of nitrogens with zero attached hydrogens (tertiary/aromatic N) is 2. The van der Waals surface area contributed by atoms with Crippen LogP contribution in [0.25, 0.3) is 0 Å². The van der Waals surface area contributed by atoms with Crippen LogP contribution in [-0.4, -0.2) is 42.2 Å². The lowest BCUT2D eigenvalue weighted by Gasteiger charge is -2.31. The Morgan fingerprint density at radius 2 is 2.07 bits per heavy atom. The summed E-state index contributed by atoms with van der Waals surface area (Å²) in [5.74, 6) is 0. The third-order valence-electron chi connectivity index (χ3n) is 2.14. The van der Waals surface area contributed by atoms with Crippen LogP contribution in [-0.2, 0) is 9.53 Å². The van der Waals surface area contributed by atoms with Gasteiger partial charge in [-0.3, -0.25) is 4.79 Å². The van der Waals surface area contributed by atoms with Crippen molar-refractivity contribution in [2.45, 2.75) is 26.2 Å². The molecule has 14 heavy (non-hydrogen) atoms. The van der Waals surface area contributed by atoms with Gasteiger partial charge in [0.05, 0.1) is 6.61 Å². The molecular formula is C9H15N2O3. The molecule has 79 valence electrons. The molecule has 0 aromatic heterocycles. The van der Waals surface area contributed by atoms with E-state index in [1.54, 1.807) is 18.3 Å². The van der Waals surface area contributed by atoms with E-state index in [-0.39, 0.29) is 6.61 Å². The monoisotopic (exact) mass is 199 g/mol. The molecule has 1 aliphatic rings. The lowest BCUT2D eigenvalue weighted by atomic mass is 10.2. The van der Waals surface area contributed by atoms with Gasteiger partial charge in [0.1, 0.15) is 0 Å². The Hall–Kier alpha value is -1.10. The van der Waals surface area contributed by atoms with Crippen molar-refractivity contribution in [2.24, 2.45) is 0 Å². The summed E-state index contributed by atoms with van der Waals surface area (Å²) in [7, 11) is 0. The zero-order valence-electron chi connectivity index (χ0n) is 8.36. The van der Waals surface area contributed by atoms with Crippen LogP contribution in [0.2, 0.25) is 0 Å². The fourth-order valence-corrected chi connectivity index (χ4v) is 1.47. The second-order valence-electron chi connectivity index (χ2n) is 3.12. The summed E-state index contributed by atoms with van der Waals surface area (Å²) >= 11 is 0. The summed E-state index contributed by atoms with van der Waals surface area (Å²) in [6, 6.07) is 0. The Kier molecular flexibility index (Phi) is 4.39. The van der Waals surface area contributed by atoms with Gasteiger partial charge in [-0.25, -0.2) is 9.80 Å². The lowest BCUT2D eigenvalue weighted by molar-refractivity contribution is 0.0143. The maximum atomic E-state index is 11.3. The maximum absolute atomic E-state index is 11.3. The average molecular weight is 199 g/mol. The van der Waals surface area contributed by atoms with Crippen LogP contribution in [0.5, 0.6) is 0 Å². The van der Waals surface area contributed by atoms with E-state index in [0.717, 1.165) is 24.3 Å². The number of carbonyl (C=O) groups excluding carboxylic acids is 2. The molecule has 0 spiro atoms. The highest BCUT2D eigenvalue weighted by molar-refractivity contribution is 5.79. The van der Waals surface area contributed by atoms with Crippen molar-refractivity contribution < 1.29 is 14.3 Å². The summed E-state index contributed by atoms with van der Waals surface area (Å²) in [5.41, 5.74) is 0. The maximum Gasteiger partial charge on any atom is 0.432 e. The van der Waals surface area contributed by atoms with Crippen LogP contribution in [0.3, 0.4) is 0 Å². The molecule has 1 aliphatic heterocycles. The van der Waals surface area contributed by atoms with Gasteiger partial charge in [-0.2, -0.15) is 5.01 Å². The normalized spacial score (nSPS) is 17.5. The van der Waals surface area contributed by atoms with E-state index in [4.69, 9.17) is 4.74 Å². The molecule has 0 N–H and O–H groups in total. The topological polar surface area (TPSA) is 49.9 Å². The first-order valence-electron chi connectivity index (χ1n) is 4.89. The fraction of sp³-hybridized carbons (Fsp3) is 0.778. The van der Waals surface area contributed by atoms with E-state index in [2.05, 4.69) is 0 Å². The Morgan fingerprint density at radius 1 is 1.43 bits per heavy atom. The first-order chi connectivity index (χ1) is 6.79. The fourth-order valence-electron chi connectivity index (χ4n) is 1.47. The minimum atomic E-state index is -0.635. The number of piperidine rings is 1. The van der Waals surface area contributed by atoms with Crippen molar-refractivity contribution in [3.8, 4) is 0 Å². The molecule has 0 aliphatic carbocycles. The largest absolute Gasteiger partial charge is 0.448 e.